The fourth-order valence-corrected chi connectivity index (χ4v) is 4.61. The highest BCUT2D eigenvalue weighted by molar-refractivity contribution is 6.33. The highest BCUT2D eigenvalue weighted by atomic mass is 35.5. The molecule has 7 nitrogen and oxygen atoms in total. The highest BCUT2D eigenvalue weighted by Crippen LogP contribution is 2.38. The minimum absolute atomic E-state index is 0.0690. The zero-order chi connectivity index (χ0) is 23.4. The predicted octanol–water partition coefficient (Wildman–Crippen LogP) is 4.55. The zero-order valence-corrected chi connectivity index (χ0v) is 19.5. The van der Waals surface area contributed by atoms with Crippen molar-refractivity contribution in [1.29, 1.82) is 0 Å². The number of hydrogen-bond acceptors (Lipinski definition) is 5. The molecular weight excluding hydrogens is 444 g/mol. The maximum atomic E-state index is 12.7. The molecule has 2 aliphatic heterocycles. The van der Waals surface area contributed by atoms with Gasteiger partial charge < -0.3 is 24.0 Å². The van der Waals surface area contributed by atoms with E-state index in [2.05, 4.69) is 0 Å². The molecule has 0 saturated carbocycles. The normalized spacial score (nSPS) is 19.1. The summed E-state index contributed by atoms with van der Waals surface area (Å²) in [5.41, 5.74) is 1.67. The molecule has 0 radical (unpaired) electrons. The Hall–Kier alpha value is -3.19. The number of ether oxygens (including phenoxy) is 3. The maximum absolute atomic E-state index is 12.7. The monoisotopic (exact) mass is 470 g/mol. The average Bonchev–Trinajstić information content (AvgIpc) is 3.25. The smallest absolute Gasteiger partial charge is 0.410 e. The molecule has 174 valence electrons. The number of benzene rings is 2. The van der Waals surface area contributed by atoms with E-state index in [-0.39, 0.29) is 24.1 Å². The van der Waals surface area contributed by atoms with Gasteiger partial charge in [-0.05, 0) is 42.2 Å². The topological polar surface area (TPSA) is 68.3 Å². The summed E-state index contributed by atoms with van der Waals surface area (Å²) < 4.78 is 16.1. The van der Waals surface area contributed by atoms with E-state index in [1.807, 2.05) is 30.3 Å². The minimum Gasteiger partial charge on any atom is -0.493 e. The fourth-order valence-electron chi connectivity index (χ4n) is 4.32. The van der Waals surface area contributed by atoms with E-state index in [0.717, 1.165) is 5.56 Å². The number of likely N-dealkylation sites (tertiary alicyclic amines) is 1. The quantitative estimate of drug-likeness (QED) is 0.579. The first-order valence-electron chi connectivity index (χ1n) is 10.9. The van der Waals surface area contributed by atoms with Gasteiger partial charge in [-0.2, -0.15) is 0 Å². The second-order valence-corrected chi connectivity index (χ2v) is 8.41. The van der Waals surface area contributed by atoms with E-state index in [1.54, 1.807) is 35.1 Å². The molecule has 8 heteroatoms. The van der Waals surface area contributed by atoms with Crippen molar-refractivity contribution in [3.63, 3.8) is 0 Å². The van der Waals surface area contributed by atoms with E-state index >= 15 is 0 Å². The van der Waals surface area contributed by atoms with Gasteiger partial charge in [0.05, 0.1) is 25.8 Å². The molecule has 0 spiro atoms. The summed E-state index contributed by atoms with van der Waals surface area (Å²) in [6.45, 7) is 1.69. The Bertz CT molecular complexity index is 1030. The van der Waals surface area contributed by atoms with Crippen molar-refractivity contribution in [3.05, 3.63) is 64.7 Å². The van der Waals surface area contributed by atoms with Gasteiger partial charge in [0.15, 0.2) is 11.5 Å². The molecule has 2 heterocycles. The summed E-state index contributed by atoms with van der Waals surface area (Å²) in [7, 11) is 3.06. The van der Waals surface area contributed by atoms with E-state index < -0.39 is 0 Å². The van der Waals surface area contributed by atoms with Gasteiger partial charge in [0.25, 0.3) is 0 Å². The summed E-state index contributed by atoms with van der Waals surface area (Å²) in [5.74, 6) is 0.870. The standard InChI is InChI=1S/C25H27ClN2O5/c1-31-20-10-8-18(23(26)24(20)32-2)9-11-22(29)27-14-12-19(13-15-27)28-16-21(33-25(28)30)17-6-4-3-5-7-17/h3-11,19,21H,12-16H2,1-2H3/b11-9+. The van der Waals surface area contributed by atoms with Crippen molar-refractivity contribution >= 4 is 29.7 Å². The Kier molecular flexibility index (Phi) is 7.08. The van der Waals surface area contributed by atoms with Crippen LogP contribution in [0, 0.1) is 0 Å². The Labute approximate surface area is 198 Å². The van der Waals surface area contributed by atoms with Gasteiger partial charge >= 0.3 is 6.09 Å². The summed E-state index contributed by atoms with van der Waals surface area (Å²) in [5, 5.41) is 0.389. The van der Waals surface area contributed by atoms with Crippen LogP contribution in [0.15, 0.2) is 48.5 Å². The molecule has 2 amide bonds. The van der Waals surface area contributed by atoms with Crippen LogP contribution >= 0.6 is 11.6 Å². The molecule has 4 rings (SSSR count). The number of halogens is 1. The molecule has 2 saturated heterocycles. The van der Waals surface area contributed by atoms with Crippen molar-refractivity contribution in [2.75, 3.05) is 33.9 Å². The Morgan fingerprint density at radius 2 is 1.82 bits per heavy atom. The molecule has 0 aromatic heterocycles. The van der Waals surface area contributed by atoms with Gasteiger partial charge in [-0.3, -0.25) is 4.79 Å². The molecule has 33 heavy (non-hydrogen) atoms. The lowest BCUT2D eigenvalue weighted by molar-refractivity contribution is -0.127. The van der Waals surface area contributed by atoms with E-state index in [0.29, 0.717) is 54.6 Å². The molecule has 2 aliphatic rings. The van der Waals surface area contributed by atoms with Gasteiger partial charge in [-0.1, -0.05) is 41.9 Å². The van der Waals surface area contributed by atoms with Gasteiger partial charge in [0.2, 0.25) is 5.91 Å². The van der Waals surface area contributed by atoms with Crippen molar-refractivity contribution in [1.82, 2.24) is 9.80 Å². The Morgan fingerprint density at radius 1 is 1.09 bits per heavy atom. The number of carbonyl (C=O) groups is 2. The number of cyclic esters (lactones) is 1. The van der Waals surface area contributed by atoms with Crippen molar-refractivity contribution < 1.29 is 23.8 Å². The lowest BCUT2D eigenvalue weighted by Crippen LogP contribution is -2.46. The number of rotatable bonds is 6. The molecule has 0 N–H and O–H groups in total. The number of piperidine rings is 1. The lowest BCUT2D eigenvalue weighted by atomic mass is 10.0. The largest absolute Gasteiger partial charge is 0.493 e. The second-order valence-electron chi connectivity index (χ2n) is 8.03. The van der Waals surface area contributed by atoms with Crippen LogP contribution in [-0.2, 0) is 9.53 Å². The third-order valence-electron chi connectivity index (χ3n) is 6.15. The second kappa shape index (κ2) is 10.2. The summed E-state index contributed by atoms with van der Waals surface area (Å²) >= 11 is 6.39. The van der Waals surface area contributed by atoms with Crippen LogP contribution in [0.3, 0.4) is 0 Å². The van der Waals surface area contributed by atoms with Crippen LogP contribution in [0.4, 0.5) is 4.79 Å². The van der Waals surface area contributed by atoms with Gasteiger partial charge in [0.1, 0.15) is 6.10 Å². The van der Waals surface area contributed by atoms with Gasteiger partial charge in [-0.15, -0.1) is 0 Å². The number of amides is 2. The minimum atomic E-state index is -0.281. The number of nitrogens with zero attached hydrogens (tertiary/aromatic N) is 2. The number of methoxy groups -OCH3 is 2. The van der Waals surface area contributed by atoms with E-state index in [9.17, 15) is 9.59 Å². The van der Waals surface area contributed by atoms with Crippen LogP contribution in [0.1, 0.15) is 30.1 Å². The molecule has 1 atom stereocenters. The van der Waals surface area contributed by atoms with Crippen LogP contribution < -0.4 is 9.47 Å². The number of hydrogen-bond donors (Lipinski definition) is 0. The summed E-state index contributed by atoms with van der Waals surface area (Å²) in [6, 6.07) is 13.4. The molecule has 1 unspecified atom stereocenters. The Morgan fingerprint density at radius 3 is 2.48 bits per heavy atom. The molecule has 2 aromatic carbocycles. The third kappa shape index (κ3) is 4.93. The number of carbonyl (C=O) groups excluding carboxylic acids is 2. The summed E-state index contributed by atoms with van der Waals surface area (Å²) in [6.07, 6.45) is 4.11. The first-order chi connectivity index (χ1) is 16.0. The van der Waals surface area contributed by atoms with Crippen LogP contribution in [0.5, 0.6) is 11.5 Å². The average molecular weight is 471 g/mol. The van der Waals surface area contributed by atoms with E-state index in [1.165, 1.54) is 13.2 Å². The SMILES string of the molecule is COc1ccc(/C=C/C(=O)N2CCC(N3CC(c4ccccc4)OC3=O)CC2)c(Cl)c1OC. The predicted molar refractivity (Wildman–Crippen MR) is 126 cm³/mol. The molecule has 0 bridgehead atoms. The van der Waals surface area contributed by atoms with Gasteiger partial charge in [0, 0.05) is 25.2 Å². The lowest BCUT2D eigenvalue weighted by Gasteiger charge is -2.35. The fraction of sp³-hybridized carbons (Fsp3) is 0.360. The first kappa shape index (κ1) is 23.0. The molecule has 2 aromatic rings. The van der Waals surface area contributed by atoms with Crippen molar-refractivity contribution in [3.8, 4) is 11.5 Å². The first-order valence-corrected chi connectivity index (χ1v) is 11.3. The Balaban J connectivity index is 1.34. The van der Waals surface area contributed by atoms with Crippen molar-refractivity contribution in [2.45, 2.75) is 25.0 Å². The zero-order valence-electron chi connectivity index (χ0n) is 18.7. The summed E-state index contributed by atoms with van der Waals surface area (Å²) in [4.78, 5) is 28.8. The van der Waals surface area contributed by atoms with Crippen LogP contribution in [0.2, 0.25) is 5.02 Å². The van der Waals surface area contributed by atoms with Crippen LogP contribution in [0.25, 0.3) is 6.08 Å². The van der Waals surface area contributed by atoms with E-state index in [4.69, 9.17) is 25.8 Å². The third-order valence-corrected chi connectivity index (χ3v) is 6.54. The van der Waals surface area contributed by atoms with Crippen molar-refractivity contribution in [2.24, 2.45) is 0 Å². The molecular formula is C25H27ClN2O5. The molecule has 0 aliphatic carbocycles. The van der Waals surface area contributed by atoms with Crippen LogP contribution in [-0.4, -0.2) is 61.7 Å². The highest BCUT2D eigenvalue weighted by Gasteiger charge is 2.38. The molecule has 2 fully saturated rings. The maximum Gasteiger partial charge on any atom is 0.410 e. The van der Waals surface area contributed by atoms with Gasteiger partial charge in [-0.25, -0.2) is 4.79 Å².